The maximum Gasteiger partial charge on any atom is 0.321 e. The molecule has 3 N–H and O–H groups in total. The molecule has 0 aliphatic heterocycles. The maximum absolute atomic E-state index is 12.0. The minimum absolute atomic E-state index is 0.219. The molecule has 194 valence electrons. The van der Waals surface area contributed by atoms with Crippen LogP contribution in [0.1, 0.15) is 45.7 Å². The second-order valence-corrected chi connectivity index (χ2v) is 10.8. The molecular formula is C30H39NO5. The Morgan fingerprint density at radius 2 is 1.64 bits per heavy atom. The highest BCUT2D eigenvalue weighted by Crippen LogP contribution is 2.27. The zero-order chi connectivity index (χ0) is 26.3. The molecule has 6 heteroatoms. The van der Waals surface area contributed by atoms with Crippen LogP contribution in [0.25, 0.3) is 10.8 Å². The Morgan fingerprint density at radius 3 is 2.28 bits per heavy atom. The predicted octanol–water partition coefficient (Wildman–Crippen LogP) is 5.41. The lowest BCUT2D eigenvalue weighted by molar-refractivity contribution is -0.145. The third kappa shape index (κ3) is 7.79. The maximum atomic E-state index is 12.0. The number of carboxylic acids is 1. The van der Waals surface area contributed by atoms with Crippen molar-refractivity contribution in [3.63, 3.8) is 0 Å². The van der Waals surface area contributed by atoms with Crippen LogP contribution in [0.2, 0.25) is 0 Å². The number of carboxylic acid groups (broad SMARTS) is 1. The van der Waals surface area contributed by atoms with Crippen LogP contribution in [0.15, 0.2) is 66.7 Å². The van der Waals surface area contributed by atoms with E-state index in [0.717, 1.165) is 27.6 Å². The Morgan fingerprint density at radius 1 is 0.972 bits per heavy atom. The number of benzene rings is 3. The van der Waals surface area contributed by atoms with Gasteiger partial charge in [-0.05, 0) is 51.8 Å². The summed E-state index contributed by atoms with van der Waals surface area (Å²) in [5, 5.41) is 26.1. The van der Waals surface area contributed by atoms with Crippen molar-refractivity contribution in [2.24, 2.45) is 11.3 Å². The fourth-order valence-corrected chi connectivity index (χ4v) is 4.14. The van der Waals surface area contributed by atoms with Gasteiger partial charge in [0.15, 0.2) is 0 Å². The Hall–Kier alpha value is -2.93. The smallest absolute Gasteiger partial charge is 0.321 e. The number of aliphatic hydroxyl groups excluding tert-OH is 1. The van der Waals surface area contributed by atoms with Gasteiger partial charge in [0, 0.05) is 0 Å². The number of carbonyl (C=O) groups is 1. The molecule has 6 nitrogen and oxygen atoms in total. The Bertz CT molecular complexity index is 1110. The third-order valence-corrected chi connectivity index (χ3v) is 6.06. The lowest BCUT2D eigenvalue weighted by Gasteiger charge is -2.36. The molecule has 0 aromatic heterocycles. The molecule has 36 heavy (non-hydrogen) atoms. The first-order valence-electron chi connectivity index (χ1n) is 12.5. The van der Waals surface area contributed by atoms with E-state index in [0.29, 0.717) is 19.1 Å². The average Bonchev–Trinajstić information content (AvgIpc) is 2.82. The number of hydrogen-bond donors (Lipinski definition) is 3. The molecule has 0 aliphatic rings. The van der Waals surface area contributed by atoms with E-state index in [2.05, 4.69) is 37.4 Å². The molecule has 3 atom stereocenters. The van der Waals surface area contributed by atoms with E-state index in [1.54, 1.807) is 0 Å². The summed E-state index contributed by atoms with van der Waals surface area (Å²) in [5.74, 6) is 0.142. The summed E-state index contributed by atoms with van der Waals surface area (Å²) >= 11 is 0. The van der Waals surface area contributed by atoms with E-state index < -0.39 is 29.8 Å². The first-order valence-corrected chi connectivity index (χ1v) is 12.5. The molecule has 3 aromatic carbocycles. The van der Waals surface area contributed by atoms with Crippen molar-refractivity contribution >= 4 is 16.7 Å². The molecule has 0 saturated carbocycles. The number of aliphatic hydroxyl groups is 1. The van der Waals surface area contributed by atoms with Crippen LogP contribution in [0.5, 0.6) is 5.75 Å². The fourth-order valence-electron chi connectivity index (χ4n) is 4.14. The highest BCUT2D eigenvalue weighted by molar-refractivity contribution is 5.85. The van der Waals surface area contributed by atoms with Crippen LogP contribution in [0.3, 0.4) is 0 Å². The van der Waals surface area contributed by atoms with Gasteiger partial charge in [-0.15, -0.1) is 0 Å². The highest BCUT2D eigenvalue weighted by Gasteiger charge is 2.35. The number of nitrogens with one attached hydrogen (secondary N) is 1. The van der Waals surface area contributed by atoms with Crippen molar-refractivity contribution in [3.8, 4) is 5.75 Å². The molecule has 0 amide bonds. The summed E-state index contributed by atoms with van der Waals surface area (Å²) < 4.78 is 11.9. The highest BCUT2D eigenvalue weighted by atomic mass is 16.5. The molecule has 3 aromatic rings. The summed E-state index contributed by atoms with van der Waals surface area (Å²) in [5.41, 5.74) is 1.42. The third-order valence-electron chi connectivity index (χ3n) is 6.06. The number of rotatable bonds is 12. The summed E-state index contributed by atoms with van der Waals surface area (Å²) in [4.78, 5) is 12.0. The molecule has 0 aliphatic carbocycles. The zero-order valence-electron chi connectivity index (χ0n) is 21.9. The second kappa shape index (κ2) is 12.3. The first-order chi connectivity index (χ1) is 17.0. The van der Waals surface area contributed by atoms with Crippen LogP contribution >= 0.6 is 0 Å². The van der Waals surface area contributed by atoms with E-state index in [4.69, 9.17) is 9.47 Å². The Balaban J connectivity index is 1.68. The van der Waals surface area contributed by atoms with Gasteiger partial charge in [-0.1, -0.05) is 89.2 Å². The predicted molar refractivity (Wildman–Crippen MR) is 143 cm³/mol. The summed E-state index contributed by atoms with van der Waals surface area (Å²) in [7, 11) is 0. The van der Waals surface area contributed by atoms with Gasteiger partial charge in [0.2, 0.25) is 0 Å². The summed E-state index contributed by atoms with van der Waals surface area (Å²) in [6, 6.07) is 20.6. The SMILES string of the molecule is CC(C)COc1ccc(C[C@H](NC(O)[C@@H](OCc2cccc3ccccc23)C(C)(C)C)C(=O)O)cc1. The Kier molecular flexibility index (Phi) is 9.49. The van der Waals surface area contributed by atoms with E-state index in [1.165, 1.54) is 0 Å². The van der Waals surface area contributed by atoms with Crippen molar-refractivity contribution in [2.75, 3.05) is 6.61 Å². The largest absolute Gasteiger partial charge is 0.493 e. The van der Waals surface area contributed by atoms with Gasteiger partial charge in [0.1, 0.15) is 24.1 Å². The van der Waals surface area contributed by atoms with Crippen molar-refractivity contribution in [1.82, 2.24) is 5.32 Å². The second-order valence-electron chi connectivity index (χ2n) is 10.8. The van der Waals surface area contributed by atoms with Gasteiger partial charge in [-0.25, -0.2) is 0 Å². The first kappa shape index (κ1) is 27.7. The molecule has 0 saturated heterocycles. The number of hydrogen-bond acceptors (Lipinski definition) is 5. The van der Waals surface area contributed by atoms with Gasteiger partial charge < -0.3 is 19.7 Å². The number of fused-ring (bicyclic) bond motifs is 1. The van der Waals surface area contributed by atoms with E-state index >= 15 is 0 Å². The number of ether oxygens (including phenoxy) is 2. The van der Waals surface area contributed by atoms with Crippen LogP contribution in [-0.4, -0.2) is 41.2 Å². The lowest BCUT2D eigenvalue weighted by atomic mass is 9.87. The van der Waals surface area contributed by atoms with Gasteiger partial charge in [-0.2, -0.15) is 0 Å². The summed E-state index contributed by atoms with van der Waals surface area (Å²) in [6.07, 6.45) is -1.59. The molecular weight excluding hydrogens is 454 g/mol. The van der Waals surface area contributed by atoms with Gasteiger partial charge >= 0.3 is 5.97 Å². The molecule has 0 radical (unpaired) electrons. The molecule has 0 spiro atoms. The molecule has 3 rings (SSSR count). The van der Waals surface area contributed by atoms with Crippen molar-refractivity contribution in [2.45, 2.75) is 66.0 Å². The van der Waals surface area contributed by atoms with Crippen LogP contribution in [0, 0.1) is 11.3 Å². The zero-order valence-corrected chi connectivity index (χ0v) is 21.9. The normalized spacial score (nSPS) is 14.5. The van der Waals surface area contributed by atoms with Gasteiger partial charge in [-0.3, -0.25) is 10.1 Å². The fraction of sp³-hybridized carbons (Fsp3) is 0.433. The molecule has 1 unspecified atom stereocenters. The quantitative estimate of drug-likeness (QED) is 0.293. The molecule has 0 fully saturated rings. The minimum Gasteiger partial charge on any atom is -0.493 e. The van der Waals surface area contributed by atoms with Crippen LogP contribution in [-0.2, 0) is 22.6 Å². The average molecular weight is 494 g/mol. The minimum atomic E-state index is -1.17. The van der Waals surface area contributed by atoms with Crippen LogP contribution < -0.4 is 10.1 Å². The van der Waals surface area contributed by atoms with E-state index in [-0.39, 0.29) is 6.42 Å². The molecule has 0 heterocycles. The van der Waals surface area contributed by atoms with Gasteiger partial charge in [0.25, 0.3) is 0 Å². The number of aliphatic carboxylic acids is 1. The topological polar surface area (TPSA) is 88.0 Å². The van der Waals surface area contributed by atoms with Crippen molar-refractivity contribution in [3.05, 3.63) is 77.9 Å². The Labute approximate surface area is 214 Å². The van der Waals surface area contributed by atoms with E-state index in [1.807, 2.05) is 69.3 Å². The molecule has 0 bridgehead atoms. The summed E-state index contributed by atoms with van der Waals surface area (Å²) in [6.45, 7) is 11.0. The van der Waals surface area contributed by atoms with Crippen LogP contribution in [0.4, 0.5) is 0 Å². The van der Waals surface area contributed by atoms with Crippen molar-refractivity contribution < 1.29 is 24.5 Å². The van der Waals surface area contributed by atoms with E-state index in [9.17, 15) is 15.0 Å². The standard InChI is InChI=1S/C30H39NO5/c1-20(2)18-35-24-15-13-21(14-16-24)17-26(29(33)34)31-28(32)27(30(3,4)5)36-19-23-11-8-10-22-9-6-7-12-25(22)23/h6-16,20,26-28,31-32H,17-19H2,1-5H3,(H,33,34)/t26-,27+,28?/m0/s1. The lowest BCUT2D eigenvalue weighted by Crippen LogP contribution is -2.54. The van der Waals surface area contributed by atoms with Crippen molar-refractivity contribution in [1.29, 1.82) is 0 Å². The monoisotopic (exact) mass is 493 g/mol. The van der Waals surface area contributed by atoms with Gasteiger partial charge in [0.05, 0.1) is 13.2 Å².